The van der Waals surface area contributed by atoms with Gasteiger partial charge in [0.15, 0.2) is 0 Å². The van der Waals surface area contributed by atoms with Crippen LogP contribution in [-0.4, -0.2) is 42.0 Å². The summed E-state index contributed by atoms with van der Waals surface area (Å²) in [4.78, 5) is 37.3. The first-order valence-electron chi connectivity index (χ1n) is 11.2. The summed E-state index contributed by atoms with van der Waals surface area (Å²) in [5, 5.41) is 19.9. The van der Waals surface area contributed by atoms with Gasteiger partial charge in [-0.2, -0.15) is 0 Å². The smallest absolute Gasteiger partial charge is 0.226 e. The first-order valence-corrected chi connectivity index (χ1v) is 11.2. The second-order valence-electron chi connectivity index (χ2n) is 8.73. The molecule has 3 atom stereocenters. The molecule has 0 aromatic heterocycles. The summed E-state index contributed by atoms with van der Waals surface area (Å²) in [5.74, 6) is -0.924. The van der Waals surface area contributed by atoms with Gasteiger partial charge in [0.1, 0.15) is 0 Å². The molecular weight excluding hydrogens is 406 g/mol. The van der Waals surface area contributed by atoms with E-state index in [0.717, 1.165) is 16.5 Å². The largest absolute Gasteiger partial charge is 0.392 e. The molecule has 4 N–H and O–H groups in total. The number of fused-ring (bicyclic) bond motifs is 1. The van der Waals surface area contributed by atoms with Crippen LogP contribution in [0.5, 0.6) is 0 Å². The van der Waals surface area contributed by atoms with Crippen LogP contribution in [-0.2, 0) is 14.4 Å². The number of nitrogens with one attached hydrogen (secondary N) is 3. The molecule has 0 heterocycles. The Morgan fingerprint density at radius 1 is 1.03 bits per heavy atom. The number of aliphatic hydroxyl groups is 1. The van der Waals surface area contributed by atoms with Crippen LogP contribution in [0.2, 0.25) is 0 Å². The molecule has 0 radical (unpaired) electrons. The van der Waals surface area contributed by atoms with Crippen molar-refractivity contribution < 1.29 is 19.5 Å². The standard InChI is InChI=1S/C25H35N3O4/c1-5-25(4,24(32)27-16-18(3)29)15-17(2)23(31)26-13-12-22(30)28-21-11-10-19-8-6-7-9-20(19)14-21/h6-11,14,17-18,29H,5,12-13,15-16H2,1-4H3,(H,26,31)(H,27,32)(H,28,30). The molecule has 3 unspecified atom stereocenters. The molecule has 7 nitrogen and oxygen atoms in total. The topological polar surface area (TPSA) is 108 Å². The molecule has 0 bridgehead atoms. The maximum atomic E-state index is 12.5. The van der Waals surface area contributed by atoms with Crippen molar-refractivity contribution in [2.45, 2.75) is 53.1 Å². The lowest BCUT2D eigenvalue weighted by Gasteiger charge is -2.29. The van der Waals surface area contributed by atoms with Gasteiger partial charge in [0.25, 0.3) is 0 Å². The normalized spacial score (nSPS) is 14.8. The van der Waals surface area contributed by atoms with E-state index in [9.17, 15) is 19.5 Å². The van der Waals surface area contributed by atoms with Crippen molar-refractivity contribution >= 4 is 34.2 Å². The highest BCUT2D eigenvalue weighted by atomic mass is 16.3. The molecule has 0 spiro atoms. The Bertz CT molecular complexity index is 944. The highest BCUT2D eigenvalue weighted by Crippen LogP contribution is 2.30. The Hall–Kier alpha value is -2.93. The van der Waals surface area contributed by atoms with Crippen molar-refractivity contribution in [2.24, 2.45) is 11.3 Å². The number of hydrogen-bond acceptors (Lipinski definition) is 4. The maximum absolute atomic E-state index is 12.5. The second kappa shape index (κ2) is 11.6. The third-order valence-corrected chi connectivity index (χ3v) is 5.78. The van der Waals surface area contributed by atoms with E-state index in [1.165, 1.54) is 0 Å². The van der Waals surface area contributed by atoms with Gasteiger partial charge in [-0.3, -0.25) is 14.4 Å². The molecule has 0 aliphatic heterocycles. The molecule has 0 saturated carbocycles. The third kappa shape index (κ3) is 7.34. The van der Waals surface area contributed by atoms with Crippen molar-refractivity contribution in [2.75, 3.05) is 18.4 Å². The zero-order chi connectivity index (χ0) is 23.7. The lowest BCUT2D eigenvalue weighted by atomic mass is 9.78. The fourth-order valence-corrected chi connectivity index (χ4v) is 3.58. The van der Waals surface area contributed by atoms with Crippen molar-refractivity contribution in [1.29, 1.82) is 0 Å². The number of benzene rings is 2. The van der Waals surface area contributed by atoms with Crippen LogP contribution in [0.1, 0.15) is 47.0 Å². The summed E-state index contributed by atoms with van der Waals surface area (Å²) in [6, 6.07) is 13.6. The van der Waals surface area contributed by atoms with Crippen LogP contribution in [0.4, 0.5) is 5.69 Å². The lowest BCUT2D eigenvalue weighted by molar-refractivity contribution is -0.133. The maximum Gasteiger partial charge on any atom is 0.226 e. The van der Waals surface area contributed by atoms with Crippen molar-refractivity contribution in [3.63, 3.8) is 0 Å². The lowest BCUT2D eigenvalue weighted by Crippen LogP contribution is -2.44. The monoisotopic (exact) mass is 441 g/mol. The molecular formula is C25H35N3O4. The minimum atomic E-state index is -0.709. The molecule has 2 aromatic carbocycles. The van der Waals surface area contributed by atoms with Crippen LogP contribution < -0.4 is 16.0 Å². The fourth-order valence-electron chi connectivity index (χ4n) is 3.58. The number of carbonyl (C=O) groups is 3. The molecule has 2 rings (SSSR count). The van der Waals surface area contributed by atoms with E-state index in [1.807, 2.05) is 56.3 Å². The summed E-state index contributed by atoms with van der Waals surface area (Å²) in [5.41, 5.74) is 0.00866. The number of hydrogen-bond donors (Lipinski definition) is 4. The van der Waals surface area contributed by atoms with Gasteiger partial charge in [0.2, 0.25) is 17.7 Å². The summed E-state index contributed by atoms with van der Waals surface area (Å²) in [6.45, 7) is 7.52. The summed E-state index contributed by atoms with van der Waals surface area (Å²) in [6.07, 6.45) is 0.487. The van der Waals surface area contributed by atoms with Gasteiger partial charge in [0.05, 0.1) is 6.10 Å². The first kappa shape index (κ1) is 25.3. The fraction of sp³-hybridized carbons (Fsp3) is 0.480. The van der Waals surface area contributed by atoms with E-state index >= 15 is 0 Å². The zero-order valence-corrected chi connectivity index (χ0v) is 19.4. The molecule has 2 aromatic rings. The van der Waals surface area contributed by atoms with Crippen molar-refractivity contribution in [3.8, 4) is 0 Å². The molecule has 0 aliphatic carbocycles. The van der Waals surface area contributed by atoms with Crippen LogP contribution >= 0.6 is 0 Å². The number of amides is 3. The Morgan fingerprint density at radius 2 is 1.72 bits per heavy atom. The molecule has 0 fully saturated rings. The zero-order valence-electron chi connectivity index (χ0n) is 19.4. The van der Waals surface area contributed by atoms with Gasteiger partial charge < -0.3 is 21.1 Å². The predicted octanol–water partition coefficient (Wildman–Crippen LogP) is 3.22. The van der Waals surface area contributed by atoms with Gasteiger partial charge in [-0.15, -0.1) is 0 Å². The molecule has 7 heteroatoms. The molecule has 0 aliphatic rings. The van der Waals surface area contributed by atoms with Crippen LogP contribution in [0.15, 0.2) is 42.5 Å². The summed E-state index contributed by atoms with van der Waals surface area (Å²) < 4.78 is 0. The Morgan fingerprint density at radius 3 is 2.38 bits per heavy atom. The average molecular weight is 442 g/mol. The van der Waals surface area contributed by atoms with E-state index in [4.69, 9.17) is 0 Å². The van der Waals surface area contributed by atoms with Gasteiger partial charge in [-0.05, 0) is 42.7 Å². The minimum absolute atomic E-state index is 0.158. The highest BCUT2D eigenvalue weighted by Gasteiger charge is 2.34. The predicted molar refractivity (Wildman–Crippen MR) is 127 cm³/mol. The number of aliphatic hydroxyl groups excluding tert-OH is 1. The molecule has 174 valence electrons. The van der Waals surface area contributed by atoms with Gasteiger partial charge >= 0.3 is 0 Å². The first-order chi connectivity index (χ1) is 15.1. The van der Waals surface area contributed by atoms with Crippen LogP contribution in [0.25, 0.3) is 10.8 Å². The molecule has 32 heavy (non-hydrogen) atoms. The van der Waals surface area contributed by atoms with E-state index in [-0.39, 0.29) is 43.1 Å². The Balaban J connectivity index is 1.80. The van der Waals surface area contributed by atoms with E-state index in [2.05, 4.69) is 16.0 Å². The molecule has 3 amide bonds. The van der Waals surface area contributed by atoms with Gasteiger partial charge in [-0.1, -0.05) is 51.1 Å². The van der Waals surface area contributed by atoms with Crippen LogP contribution in [0.3, 0.4) is 0 Å². The number of rotatable bonds is 11. The number of carbonyl (C=O) groups excluding carboxylic acids is 3. The van der Waals surface area contributed by atoms with Crippen LogP contribution in [0, 0.1) is 11.3 Å². The van der Waals surface area contributed by atoms with Gasteiger partial charge in [0, 0.05) is 36.5 Å². The average Bonchev–Trinajstić information content (AvgIpc) is 2.76. The van der Waals surface area contributed by atoms with E-state index in [1.54, 1.807) is 13.8 Å². The highest BCUT2D eigenvalue weighted by molar-refractivity contribution is 5.94. The Labute approximate surface area is 190 Å². The minimum Gasteiger partial charge on any atom is -0.392 e. The SMILES string of the molecule is CCC(C)(CC(C)C(=O)NCCC(=O)Nc1ccc2ccccc2c1)C(=O)NCC(C)O. The van der Waals surface area contributed by atoms with Gasteiger partial charge in [-0.25, -0.2) is 0 Å². The van der Waals surface area contributed by atoms with Crippen molar-refractivity contribution in [1.82, 2.24) is 10.6 Å². The van der Waals surface area contributed by atoms with E-state index < -0.39 is 11.5 Å². The Kier molecular flexibility index (Phi) is 9.20. The summed E-state index contributed by atoms with van der Waals surface area (Å²) >= 11 is 0. The van der Waals surface area contributed by atoms with Crippen molar-refractivity contribution in [3.05, 3.63) is 42.5 Å². The molecule has 0 saturated heterocycles. The number of anilines is 1. The summed E-state index contributed by atoms with van der Waals surface area (Å²) in [7, 11) is 0. The second-order valence-corrected chi connectivity index (χ2v) is 8.73. The third-order valence-electron chi connectivity index (χ3n) is 5.78. The van der Waals surface area contributed by atoms with E-state index in [0.29, 0.717) is 12.8 Å². The quantitative estimate of drug-likeness (QED) is 0.429.